The number of pyridine rings is 1. The number of carbonyl (C=O) groups excluding carboxylic acids is 1. The zero-order valence-corrected chi connectivity index (χ0v) is 22.0. The zero-order valence-electron chi connectivity index (χ0n) is 22.0. The zero-order chi connectivity index (χ0) is 27.5. The summed E-state index contributed by atoms with van der Waals surface area (Å²) in [5.41, 5.74) is -0.0562. The van der Waals surface area contributed by atoms with Crippen LogP contribution in [-0.2, 0) is 4.79 Å². The van der Waals surface area contributed by atoms with Crippen LogP contribution in [0.2, 0.25) is 0 Å². The molecule has 38 heavy (non-hydrogen) atoms. The summed E-state index contributed by atoms with van der Waals surface area (Å²) < 4.78 is 50.8. The van der Waals surface area contributed by atoms with E-state index in [4.69, 9.17) is 4.74 Å². The number of alkyl halides is 2. The number of likely N-dealkylation sites (tertiary alicyclic amines) is 1. The van der Waals surface area contributed by atoms with Gasteiger partial charge in [-0.15, -0.1) is 0 Å². The number of nitrogens with one attached hydrogen (secondary N) is 3. The van der Waals surface area contributed by atoms with Gasteiger partial charge < -0.3 is 30.3 Å². The predicted octanol–water partition coefficient (Wildman–Crippen LogP) is 4.08. The lowest BCUT2D eigenvalue weighted by atomic mass is 9.79. The van der Waals surface area contributed by atoms with Gasteiger partial charge >= 0.3 is 6.61 Å². The fourth-order valence-corrected chi connectivity index (χ4v) is 5.26. The normalized spacial score (nSPS) is 19.1. The van der Waals surface area contributed by atoms with E-state index in [9.17, 15) is 18.0 Å². The molecule has 2 aliphatic rings. The Bertz CT molecular complexity index is 1130. The van der Waals surface area contributed by atoms with Gasteiger partial charge in [0, 0.05) is 36.2 Å². The minimum Gasteiger partial charge on any atom is -0.473 e. The maximum Gasteiger partial charge on any atom is 0.387 e. The van der Waals surface area contributed by atoms with Crippen LogP contribution in [0.5, 0.6) is 11.6 Å². The summed E-state index contributed by atoms with van der Waals surface area (Å²) >= 11 is 0. The molecule has 0 bridgehead atoms. The first-order valence-corrected chi connectivity index (χ1v) is 12.6. The third-order valence-corrected chi connectivity index (χ3v) is 6.34. The second-order valence-electron chi connectivity index (χ2n) is 10.9. The minimum atomic E-state index is -3.11. The maximum atomic E-state index is 14.6. The highest BCUT2D eigenvalue weighted by Gasteiger charge is 2.38. The van der Waals surface area contributed by atoms with Gasteiger partial charge in [0.05, 0.1) is 24.6 Å². The van der Waals surface area contributed by atoms with Crippen LogP contribution in [0.15, 0.2) is 18.5 Å². The number of carbonyl (C=O) groups is 1. The maximum absolute atomic E-state index is 14.6. The van der Waals surface area contributed by atoms with E-state index in [-0.39, 0.29) is 58.7 Å². The number of halogens is 3. The standard InChI is InChI=1S/C25H34F3N7O3/c1-24(2)11-16(12-25(3,4)34-24)31-20-17(26)14-30-23(33-20)32-15-10-18(38-22(27)28)21(29-13-15)37-9-8-35-7-5-6-19(35)36/h10,13-14,16,22,34H,5-9,11-12H2,1-4H3,(H2,30,31,32,33). The van der Waals surface area contributed by atoms with Crippen molar-refractivity contribution in [2.45, 2.75) is 77.1 Å². The molecule has 2 fully saturated rings. The average molecular weight is 538 g/mol. The van der Waals surface area contributed by atoms with E-state index < -0.39 is 12.4 Å². The number of anilines is 3. The smallest absolute Gasteiger partial charge is 0.387 e. The molecule has 0 aromatic carbocycles. The topological polar surface area (TPSA) is 114 Å². The SMILES string of the molecule is CC1(C)CC(Nc2nc(Nc3cnc(OCCN4CCCC4=O)c(OC(F)F)c3)ncc2F)CC(C)(C)N1. The highest BCUT2D eigenvalue weighted by atomic mass is 19.3. The summed E-state index contributed by atoms with van der Waals surface area (Å²) in [6, 6.07) is 1.24. The van der Waals surface area contributed by atoms with Gasteiger partial charge in [0.2, 0.25) is 11.9 Å². The highest BCUT2D eigenvalue weighted by Crippen LogP contribution is 2.32. The van der Waals surface area contributed by atoms with E-state index in [1.165, 1.54) is 12.3 Å². The second kappa shape index (κ2) is 11.2. The molecule has 3 N–H and O–H groups in total. The summed E-state index contributed by atoms with van der Waals surface area (Å²) in [7, 11) is 0. The molecule has 2 aliphatic heterocycles. The first-order chi connectivity index (χ1) is 17.9. The summed E-state index contributed by atoms with van der Waals surface area (Å²) in [4.78, 5) is 25.7. The van der Waals surface area contributed by atoms with Crippen molar-refractivity contribution in [1.29, 1.82) is 0 Å². The largest absolute Gasteiger partial charge is 0.473 e. The molecule has 208 valence electrons. The number of hydrogen-bond acceptors (Lipinski definition) is 9. The van der Waals surface area contributed by atoms with Gasteiger partial charge in [-0.1, -0.05) is 0 Å². The average Bonchev–Trinajstić information content (AvgIpc) is 3.19. The van der Waals surface area contributed by atoms with Crippen LogP contribution < -0.4 is 25.4 Å². The molecule has 10 nitrogen and oxygen atoms in total. The number of piperidine rings is 1. The Morgan fingerprint density at radius 3 is 2.58 bits per heavy atom. The molecular formula is C25H34F3N7O3. The lowest BCUT2D eigenvalue weighted by Crippen LogP contribution is -2.60. The molecule has 13 heteroatoms. The first kappa shape index (κ1) is 27.7. The molecule has 1 amide bonds. The number of nitrogens with zero attached hydrogens (tertiary/aromatic N) is 4. The fraction of sp³-hybridized carbons (Fsp3) is 0.600. The Kier molecular flexibility index (Phi) is 8.14. The molecule has 2 aromatic heterocycles. The van der Waals surface area contributed by atoms with E-state index in [2.05, 4.69) is 63.3 Å². The molecule has 0 atom stereocenters. The van der Waals surface area contributed by atoms with Crippen molar-refractivity contribution in [2.75, 3.05) is 30.3 Å². The van der Waals surface area contributed by atoms with Crippen LogP contribution in [0.3, 0.4) is 0 Å². The lowest BCUT2D eigenvalue weighted by Gasteiger charge is -2.46. The summed E-state index contributed by atoms with van der Waals surface area (Å²) in [5.74, 6) is -0.921. The monoisotopic (exact) mass is 537 g/mol. The van der Waals surface area contributed by atoms with Crippen molar-refractivity contribution in [3.8, 4) is 11.6 Å². The van der Waals surface area contributed by atoms with Crippen molar-refractivity contribution in [1.82, 2.24) is 25.2 Å². The van der Waals surface area contributed by atoms with Crippen LogP contribution in [-0.4, -0.2) is 69.2 Å². The Balaban J connectivity index is 1.45. The van der Waals surface area contributed by atoms with Crippen molar-refractivity contribution < 1.29 is 27.4 Å². The molecule has 4 rings (SSSR count). The number of aromatic nitrogens is 3. The Hall–Kier alpha value is -3.35. The molecule has 0 unspecified atom stereocenters. The van der Waals surface area contributed by atoms with E-state index in [0.717, 1.165) is 25.5 Å². The van der Waals surface area contributed by atoms with Gasteiger partial charge in [-0.25, -0.2) is 14.4 Å². The van der Waals surface area contributed by atoms with Gasteiger partial charge in [0.15, 0.2) is 17.4 Å². The van der Waals surface area contributed by atoms with Crippen molar-refractivity contribution >= 4 is 23.4 Å². The van der Waals surface area contributed by atoms with E-state index in [0.29, 0.717) is 19.5 Å². The van der Waals surface area contributed by atoms with Crippen LogP contribution in [0, 0.1) is 5.82 Å². The van der Waals surface area contributed by atoms with Gasteiger partial charge in [-0.3, -0.25) is 4.79 Å². The molecule has 2 aromatic rings. The summed E-state index contributed by atoms with van der Waals surface area (Å²) in [6.07, 6.45) is 5.17. The van der Waals surface area contributed by atoms with Gasteiger partial charge in [0.1, 0.15) is 6.61 Å². The van der Waals surface area contributed by atoms with E-state index in [1.807, 2.05) is 0 Å². The van der Waals surface area contributed by atoms with Crippen molar-refractivity contribution in [3.05, 3.63) is 24.3 Å². The lowest BCUT2D eigenvalue weighted by molar-refractivity contribution is -0.128. The van der Waals surface area contributed by atoms with Crippen molar-refractivity contribution in [2.24, 2.45) is 0 Å². The number of rotatable bonds is 10. The molecular weight excluding hydrogens is 503 g/mol. The van der Waals surface area contributed by atoms with Gasteiger partial charge in [-0.05, 0) is 47.0 Å². The first-order valence-electron chi connectivity index (χ1n) is 12.6. The van der Waals surface area contributed by atoms with E-state index in [1.54, 1.807) is 4.90 Å². The Morgan fingerprint density at radius 2 is 1.92 bits per heavy atom. The molecule has 4 heterocycles. The Labute approximate surface area is 219 Å². The molecule has 0 saturated carbocycles. The summed E-state index contributed by atoms with van der Waals surface area (Å²) in [5, 5.41) is 9.62. The predicted molar refractivity (Wildman–Crippen MR) is 135 cm³/mol. The number of hydrogen-bond donors (Lipinski definition) is 3. The van der Waals surface area contributed by atoms with Crippen LogP contribution in [0.4, 0.5) is 30.6 Å². The van der Waals surface area contributed by atoms with Crippen LogP contribution >= 0.6 is 0 Å². The third-order valence-electron chi connectivity index (χ3n) is 6.34. The molecule has 2 saturated heterocycles. The fourth-order valence-electron chi connectivity index (χ4n) is 5.26. The van der Waals surface area contributed by atoms with Gasteiger partial charge in [0.25, 0.3) is 5.88 Å². The van der Waals surface area contributed by atoms with Crippen LogP contribution in [0.25, 0.3) is 0 Å². The Morgan fingerprint density at radius 1 is 1.18 bits per heavy atom. The number of ether oxygens (including phenoxy) is 2. The second-order valence-corrected chi connectivity index (χ2v) is 10.9. The van der Waals surface area contributed by atoms with Gasteiger partial charge in [-0.2, -0.15) is 13.8 Å². The molecule has 0 aliphatic carbocycles. The third kappa shape index (κ3) is 7.36. The molecule has 0 radical (unpaired) electrons. The number of amides is 1. The quantitative estimate of drug-likeness (QED) is 0.413. The molecule has 0 spiro atoms. The minimum absolute atomic E-state index is 0.0292. The summed E-state index contributed by atoms with van der Waals surface area (Å²) in [6.45, 7) is 6.31. The van der Waals surface area contributed by atoms with E-state index >= 15 is 0 Å². The highest BCUT2D eigenvalue weighted by molar-refractivity contribution is 5.78. The van der Waals surface area contributed by atoms with Crippen LogP contribution in [0.1, 0.15) is 53.4 Å². The van der Waals surface area contributed by atoms with Crippen molar-refractivity contribution in [3.63, 3.8) is 0 Å².